The van der Waals surface area contributed by atoms with Crippen LogP contribution in [0.5, 0.6) is 0 Å². The molecule has 0 fully saturated rings. The highest BCUT2D eigenvalue weighted by atomic mass is 35.5. The summed E-state index contributed by atoms with van der Waals surface area (Å²) in [5, 5.41) is 4.74. The molecule has 0 bridgehead atoms. The maximum absolute atomic E-state index is 5.91. The van der Waals surface area contributed by atoms with Crippen LogP contribution in [-0.4, -0.2) is 10.1 Å². The number of nitrogens with two attached hydrogens (primary N) is 1. The summed E-state index contributed by atoms with van der Waals surface area (Å²) < 4.78 is 5.28. The lowest BCUT2D eigenvalue weighted by Gasteiger charge is -2.01. The minimum absolute atomic E-state index is 0.602. The smallest absolute Gasteiger partial charge is 0.237 e. The van der Waals surface area contributed by atoms with Gasteiger partial charge in [0.05, 0.1) is 11.5 Å². The zero-order chi connectivity index (χ0) is 16.1. The molecule has 0 aliphatic carbocycles. The maximum Gasteiger partial charge on any atom is 0.237 e. The highest BCUT2D eigenvalue weighted by Crippen LogP contribution is 2.28. The monoisotopic (exact) mass is 363 g/mol. The van der Waals surface area contributed by atoms with E-state index in [0.717, 1.165) is 20.5 Å². The van der Waals surface area contributed by atoms with Crippen molar-refractivity contribution in [1.29, 1.82) is 0 Å². The molecule has 7 heteroatoms. The molecule has 0 saturated heterocycles. The van der Waals surface area contributed by atoms with E-state index in [9.17, 15) is 0 Å². The second-order valence-corrected chi connectivity index (χ2v) is 7.18. The van der Waals surface area contributed by atoms with Crippen molar-refractivity contribution < 1.29 is 4.52 Å². The van der Waals surface area contributed by atoms with Crippen LogP contribution in [0, 0.1) is 0 Å². The normalized spacial score (nSPS) is 10.8. The highest BCUT2D eigenvalue weighted by molar-refractivity contribution is 7.98. The van der Waals surface area contributed by atoms with E-state index in [1.165, 1.54) is 0 Å². The molecule has 0 aliphatic rings. The van der Waals surface area contributed by atoms with Crippen LogP contribution in [0.3, 0.4) is 0 Å². The average molecular weight is 364 g/mol. The van der Waals surface area contributed by atoms with Crippen LogP contribution in [0.15, 0.2) is 62.8 Å². The van der Waals surface area contributed by atoms with Crippen molar-refractivity contribution in [2.24, 2.45) is 0 Å². The van der Waals surface area contributed by atoms with E-state index >= 15 is 0 Å². The van der Waals surface area contributed by atoms with Crippen LogP contribution in [0.2, 0.25) is 5.02 Å². The van der Waals surface area contributed by atoms with Crippen molar-refractivity contribution in [2.75, 3.05) is 5.73 Å². The Hall–Kier alpha value is -1.63. The van der Waals surface area contributed by atoms with Gasteiger partial charge in [-0.25, -0.2) is 0 Å². The second-order valence-electron chi connectivity index (χ2n) is 4.67. The third-order valence-electron chi connectivity index (χ3n) is 2.96. The lowest BCUT2D eigenvalue weighted by molar-refractivity contribution is 0.386. The van der Waals surface area contributed by atoms with E-state index in [1.54, 1.807) is 23.5 Å². The molecular formula is C16H14ClN3OS2. The van der Waals surface area contributed by atoms with Crippen LogP contribution >= 0.6 is 35.1 Å². The van der Waals surface area contributed by atoms with Crippen molar-refractivity contribution in [3.63, 3.8) is 0 Å². The summed E-state index contributed by atoms with van der Waals surface area (Å²) in [6.45, 7) is 0. The lowest BCUT2D eigenvalue weighted by Crippen LogP contribution is -1.89. The number of halogens is 1. The fourth-order valence-electron chi connectivity index (χ4n) is 1.84. The van der Waals surface area contributed by atoms with Crippen molar-refractivity contribution in [2.45, 2.75) is 21.3 Å². The predicted octanol–water partition coefficient (Wildman–Crippen LogP) is 4.89. The molecule has 1 heterocycles. The Balaban J connectivity index is 1.53. The van der Waals surface area contributed by atoms with E-state index in [-0.39, 0.29) is 0 Å². The molecule has 0 amide bonds. The lowest BCUT2D eigenvalue weighted by atomic mass is 10.3. The molecule has 2 N–H and O–H groups in total. The highest BCUT2D eigenvalue weighted by Gasteiger charge is 2.08. The molecule has 4 nitrogen and oxygen atoms in total. The van der Waals surface area contributed by atoms with Gasteiger partial charge in [-0.05, 0) is 36.4 Å². The number of hydrogen-bond acceptors (Lipinski definition) is 6. The number of nitrogens with zero attached hydrogens (tertiary/aromatic N) is 2. The van der Waals surface area contributed by atoms with Crippen LogP contribution in [0.4, 0.5) is 5.69 Å². The zero-order valence-electron chi connectivity index (χ0n) is 12.1. The van der Waals surface area contributed by atoms with Crippen molar-refractivity contribution in [3.05, 3.63) is 65.3 Å². The zero-order valence-corrected chi connectivity index (χ0v) is 14.5. The van der Waals surface area contributed by atoms with Crippen molar-refractivity contribution in [3.8, 4) is 0 Å². The van der Waals surface area contributed by atoms with Gasteiger partial charge in [-0.1, -0.05) is 28.9 Å². The molecule has 0 saturated carbocycles. The minimum atomic E-state index is 0.602. The molecule has 0 atom stereocenters. The molecule has 1 aromatic heterocycles. The molecule has 0 unspecified atom stereocenters. The number of thioether (sulfide) groups is 2. The van der Waals surface area contributed by atoms with Crippen LogP contribution in [0.25, 0.3) is 0 Å². The van der Waals surface area contributed by atoms with Gasteiger partial charge in [0.25, 0.3) is 0 Å². The number of nitrogen functional groups attached to an aromatic ring is 1. The average Bonchev–Trinajstić information content (AvgIpc) is 3.02. The molecule has 118 valence electrons. The summed E-state index contributed by atoms with van der Waals surface area (Å²) in [5.41, 5.74) is 6.67. The quantitative estimate of drug-likeness (QED) is 0.497. The number of aromatic nitrogens is 2. The maximum atomic E-state index is 5.91. The van der Waals surface area contributed by atoms with E-state index in [4.69, 9.17) is 21.9 Å². The Bertz CT molecular complexity index is 777. The molecule has 0 spiro atoms. The van der Waals surface area contributed by atoms with Crippen molar-refractivity contribution >= 4 is 40.8 Å². The van der Waals surface area contributed by atoms with Gasteiger partial charge in [0.1, 0.15) is 0 Å². The summed E-state index contributed by atoms with van der Waals surface area (Å²) >= 11 is 9.10. The van der Waals surface area contributed by atoms with E-state index in [2.05, 4.69) is 10.1 Å². The van der Waals surface area contributed by atoms with Gasteiger partial charge >= 0.3 is 0 Å². The molecule has 23 heavy (non-hydrogen) atoms. The first kappa shape index (κ1) is 16.2. The van der Waals surface area contributed by atoms with Gasteiger partial charge in [-0.3, -0.25) is 0 Å². The van der Waals surface area contributed by atoms with Gasteiger partial charge in [-0.2, -0.15) is 4.98 Å². The minimum Gasteiger partial charge on any atom is -0.398 e. The van der Waals surface area contributed by atoms with Crippen LogP contribution in [0.1, 0.15) is 11.7 Å². The number of para-hydroxylation sites is 1. The molecule has 0 radical (unpaired) electrons. The first-order valence-electron chi connectivity index (χ1n) is 6.88. The van der Waals surface area contributed by atoms with E-state index in [1.807, 2.05) is 48.5 Å². The summed E-state index contributed by atoms with van der Waals surface area (Å²) in [6, 6.07) is 15.4. The largest absolute Gasteiger partial charge is 0.398 e. The number of rotatable bonds is 6. The topological polar surface area (TPSA) is 64.9 Å². The third kappa shape index (κ3) is 4.67. The molecule has 3 rings (SSSR count). The predicted molar refractivity (Wildman–Crippen MR) is 95.7 cm³/mol. The summed E-state index contributed by atoms with van der Waals surface area (Å²) in [5.74, 6) is 2.54. The van der Waals surface area contributed by atoms with E-state index < -0.39 is 0 Å². The Labute approximate surface area is 147 Å². The SMILES string of the molecule is Nc1ccccc1SCc1nc(CSc2ccc(Cl)cc2)no1. The van der Waals surface area contributed by atoms with Crippen LogP contribution in [-0.2, 0) is 11.5 Å². The fourth-order valence-corrected chi connectivity index (χ4v) is 3.51. The van der Waals surface area contributed by atoms with Gasteiger partial charge in [-0.15, -0.1) is 23.5 Å². The van der Waals surface area contributed by atoms with Crippen LogP contribution < -0.4 is 5.73 Å². The third-order valence-corrected chi connectivity index (χ3v) is 5.30. The second kappa shape index (κ2) is 7.77. The standard InChI is InChI=1S/C16H14ClN3OS2/c17-11-5-7-12(8-6-11)22-9-15-19-16(21-20-15)10-23-14-4-2-1-3-13(14)18/h1-8H,9-10,18H2. The molecule has 0 aliphatic heterocycles. The Morgan fingerprint density at radius 1 is 1.00 bits per heavy atom. The Kier molecular flexibility index (Phi) is 5.48. The van der Waals surface area contributed by atoms with Gasteiger partial charge < -0.3 is 10.3 Å². The van der Waals surface area contributed by atoms with Gasteiger partial charge in [0.15, 0.2) is 5.82 Å². The molecule has 2 aromatic carbocycles. The number of anilines is 1. The first-order chi connectivity index (χ1) is 11.2. The summed E-state index contributed by atoms with van der Waals surface area (Å²) in [4.78, 5) is 6.54. The fraction of sp³-hybridized carbons (Fsp3) is 0.125. The number of hydrogen-bond donors (Lipinski definition) is 1. The Morgan fingerprint density at radius 2 is 1.78 bits per heavy atom. The van der Waals surface area contributed by atoms with Gasteiger partial charge in [0.2, 0.25) is 5.89 Å². The van der Waals surface area contributed by atoms with Crippen molar-refractivity contribution in [1.82, 2.24) is 10.1 Å². The Morgan fingerprint density at radius 3 is 2.57 bits per heavy atom. The summed E-state index contributed by atoms with van der Waals surface area (Å²) in [6.07, 6.45) is 0. The van der Waals surface area contributed by atoms with Gasteiger partial charge in [0, 0.05) is 20.5 Å². The number of benzene rings is 2. The van der Waals surface area contributed by atoms with E-state index in [0.29, 0.717) is 23.2 Å². The summed E-state index contributed by atoms with van der Waals surface area (Å²) in [7, 11) is 0. The first-order valence-corrected chi connectivity index (χ1v) is 9.23. The molecular weight excluding hydrogens is 350 g/mol. The molecule has 3 aromatic rings.